The average Bonchev–Trinajstić information content (AvgIpc) is 2.73. The van der Waals surface area contributed by atoms with Gasteiger partial charge in [0.2, 0.25) is 0 Å². The molecule has 0 bridgehead atoms. The van der Waals surface area contributed by atoms with Crippen molar-refractivity contribution >= 4 is 11.0 Å². The van der Waals surface area contributed by atoms with Crippen molar-refractivity contribution in [3.63, 3.8) is 0 Å². The van der Waals surface area contributed by atoms with Gasteiger partial charge in [-0.1, -0.05) is 0 Å². The molecular weight excluding hydrogens is 242 g/mol. The summed E-state index contributed by atoms with van der Waals surface area (Å²) in [5.74, 6) is 0. The van der Waals surface area contributed by atoms with E-state index < -0.39 is 0 Å². The maximum Gasteiger partial charge on any atom is 0.316 e. The van der Waals surface area contributed by atoms with E-state index in [2.05, 4.69) is 32.2 Å². The Kier molecular flexibility index (Phi) is 3.35. The first-order valence-electron chi connectivity index (χ1n) is 6.58. The van der Waals surface area contributed by atoms with E-state index in [9.17, 15) is 0 Å². The third-order valence-electron chi connectivity index (χ3n) is 3.70. The third-order valence-corrected chi connectivity index (χ3v) is 3.70. The zero-order valence-electron chi connectivity index (χ0n) is 11.3. The number of aromatic amines is 1. The van der Waals surface area contributed by atoms with Gasteiger partial charge in [0.05, 0.1) is 24.9 Å². The van der Waals surface area contributed by atoms with Gasteiger partial charge in [0.15, 0.2) is 0 Å². The van der Waals surface area contributed by atoms with Crippen LogP contribution in [0.5, 0.6) is 6.01 Å². The highest BCUT2D eigenvalue weighted by Gasteiger charge is 2.23. The molecular formula is C13H19N5O. The van der Waals surface area contributed by atoms with Crippen molar-refractivity contribution in [2.75, 3.05) is 33.8 Å². The first-order chi connectivity index (χ1) is 9.29. The maximum atomic E-state index is 5.12. The van der Waals surface area contributed by atoms with Gasteiger partial charge in [0.1, 0.15) is 5.52 Å². The van der Waals surface area contributed by atoms with Crippen LogP contribution < -0.4 is 10.1 Å². The normalized spacial score (nSPS) is 21.5. The molecule has 102 valence electrons. The number of H-pyrrole nitrogens is 1. The summed E-state index contributed by atoms with van der Waals surface area (Å²) >= 11 is 0. The lowest BCUT2D eigenvalue weighted by Crippen LogP contribution is -2.29. The Morgan fingerprint density at radius 2 is 2.37 bits per heavy atom. The topological polar surface area (TPSA) is 66.1 Å². The number of nitrogens with one attached hydrogen (secondary N) is 2. The van der Waals surface area contributed by atoms with Gasteiger partial charge in [-0.3, -0.25) is 4.90 Å². The van der Waals surface area contributed by atoms with Crippen LogP contribution in [-0.4, -0.2) is 53.6 Å². The number of hydrogen-bond donors (Lipinski definition) is 2. The van der Waals surface area contributed by atoms with Crippen LogP contribution in [0.15, 0.2) is 12.4 Å². The fourth-order valence-corrected chi connectivity index (χ4v) is 2.62. The molecule has 19 heavy (non-hydrogen) atoms. The van der Waals surface area contributed by atoms with Crippen molar-refractivity contribution in [3.05, 3.63) is 18.0 Å². The van der Waals surface area contributed by atoms with E-state index in [0.717, 1.165) is 30.7 Å². The smallest absolute Gasteiger partial charge is 0.316 e. The molecule has 1 aliphatic heterocycles. The Labute approximate surface area is 112 Å². The number of rotatable bonds is 2. The quantitative estimate of drug-likeness (QED) is 0.842. The first-order valence-corrected chi connectivity index (χ1v) is 6.58. The minimum atomic E-state index is 0.329. The second kappa shape index (κ2) is 5.14. The highest BCUT2D eigenvalue weighted by molar-refractivity contribution is 5.78. The Morgan fingerprint density at radius 3 is 3.21 bits per heavy atom. The van der Waals surface area contributed by atoms with Crippen molar-refractivity contribution in [1.82, 2.24) is 25.2 Å². The molecule has 2 aromatic rings. The molecule has 3 heterocycles. The van der Waals surface area contributed by atoms with E-state index in [0.29, 0.717) is 12.1 Å². The van der Waals surface area contributed by atoms with Crippen molar-refractivity contribution in [1.29, 1.82) is 0 Å². The first kappa shape index (κ1) is 12.4. The van der Waals surface area contributed by atoms with E-state index in [1.54, 1.807) is 13.3 Å². The van der Waals surface area contributed by atoms with Crippen LogP contribution in [0.2, 0.25) is 0 Å². The lowest BCUT2D eigenvalue weighted by atomic mass is 10.1. The number of hydrogen-bond acceptors (Lipinski definition) is 5. The molecule has 1 fully saturated rings. The van der Waals surface area contributed by atoms with E-state index >= 15 is 0 Å². The van der Waals surface area contributed by atoms with E-state index in [1.165, 1.54) is 12.0 Å². The molecule has 1 unspecified atom stereocenters. The lowest BCUT2D eigenvalue weighted by Gasteiger charge is -2.24. The second-order valence-corrected chi connectivity index (χ2v) is 4.92. The molecule has 1 atom stereocenters. The zero-order chi connectivity index (χ0) is 13.2. The van der Waals surface area contributed by atoms with Gasteiger partial charge in [0.25, 0.3) is 0 Å². The molecule has 6 nitrogen and oxygen atoms in total. The summed E-state index contributed by atoms with van der Waals surface area (Å²) in [5, 5.41) is 3.48. The summed E-state index contributed by atoms with van der Waals surface area (Å²) < 4.78 is 5.12. The molecule has 2 N–H and O–H groups in total. The van der Waals surface area contributed by atoms with Crippen LogP contribution in [0.3, 0.4) is 0 Å². The van der Waals surface area contributed by atoms with Crippen LogP contribution in [0.4, 0.5) is 0 Å². The van der Waals surface area contributed by atoms with Gasteiger partial charge in [-0.25, -0.2) is 4.98 Å². The van der Waals surface area contributed by atoms with Crippen LogP contribution in [0.1, 0.15) is 18.0 Å². The number of aromatic nitrogens is 3. The Balaban J connectivity index is 2.03. The molecule has 0 saturated carbocycles. The second-order valence-electron chi connectivity index (χ2n) is 4.92. The van der Waals surface area contributed by atoms with Gasteiger partial charge in [0, 0.05) is 18.3 Å². The Morgan fingerprint density at radius 1 is 1.47 bits per heavy atom. The van der Waals surface area contributed by atoms with E-state index in [4.69, 9.17) is 4.74 Å². The molecule has 3 rings (SSSR count). The monoisotopic (exact) mass is 261 g/mol. The number of ether oxygens (including phenoxy) is 1. The third kappa shape index (κ3) is 2.29. The molecule has 0 aliphatic carbocycles. The van der Waals surface area contributed by atoms with Crippen LogP contribution in [-0.2, 0) is 0 Å². The summed E-state index contributed by atoms with van der Waals surface area (Å²) in [4.78, 5) is 14.2. The number of likely N-dealkylation sites (N-methyl/N-ethyl adjacent to an activating group) is 1. The molecule has 1 aliphatic rings. The summed E-state index contributed by atoms with van der Waals surface area (Å²) in [6, 6.07) is 0.744. The average molecular weight is 261 g/mol. The minimum Gasteiger partial charge on any atom is -0.467 e. The van der Waals surface area contributed by atoms with Gasteiger partial charge >= 0.3 is 6.01 Å². The van der Waals surface area contributed by atoms with Crippen molar-refractivity contribution < 1.29 is 4.74 Å². The summed E-state index contributed by atoms with van der Waals surface area (Å²) in [5.41, 5.74) is 3.11. The van der Waals surface area contributed by atoms with Crippen LogP contribution in [0.25, 0.3) is 11.0 Å². The van der Waals surface area contributed by atoms with Crippen LogP contribution >= 0.6 is 0 Å². The van der Waals surface area contributed by atoms with Gasteiger partial charge in [-0.2, -0.15) is 4.98 Å². The summed E-state index contributed by atoms with van der Waals surface area (Å²) in [7, 11) is 3.75. The number of methoxy groups -OCH3 is 1. The predicted molar refractivity (Wildman–Crippen MR) is 73.3 cm³/mol. The van der Waals surface area contributed by atoms with Gasteiger partial charge in [-0.15, -0.1) is 0 Å². The maximum absolute atomic E-state index is 5.12. The van der Waals surface area contributed by atoms with E-state index in [-0.39, 0.29) is 0 Å². The highest BCUT2D eigenvalue weighted by atomic mass is 16.5. The molecule has 0 spiro atoms. The standard InChI is InChI=1S/C13H19N5O/c1-18-5-3-4-14-8-11(18)9-6-15-10-7-16-13(19-2)17-12(9)10/h6-7,11,14-15H,3-5,8H2,1-2H3. The zero-order valence-corrected chi connectivity index (χ0v) is 11.3. The molecule has 2 aromatic heterocycles. The SMILES string of the molecule is COc1ncc2[nH]cc(C3CNCCCN3C)c2n1. The fraction of sp³-hybridized carbons (Fsp3) is 0.538. The van der Waals surface area contributed by atoms with Gasteiger partial charge < -0.3 is 15.0 Å². The number of nitrogens with zero attached hydrogens (tertiary/aromatic N) is 3. The number of fused-ring (bicyclic) bond motifs is 1. The van der Waals surface area contributed by atoms with Crippen molar-refractivity contribution in [3.8, 4) is 6.01 Å². The Hall–Kier alpha value is -1.66. The predicted octanol–water partition coefficient (Wildman–Crippen LogP) is 0.933. The van der Waals surface area contributed by atoms with Crippen LogP contribution in [0, 0.1) is 0 Å². The van der Waals surface area contributed by atoms with E-state index in [1.807, 2.05) is 6.20 Å². The van der Waals surface area contributed by atoms with Gasteiger partial charge in [-0.05, 0) is 26.6 Å². The highest BCUT2D eigenvalue weighted by Crippen LogP contribution is 2.27. The molecule has 0 aromatic carbocycles. The lowest BCUT2D eigenvalue weighted by molar-refractivity contribution is 0.263. The summed E-state index contributed by atoms with van der Waals surface area (Å²) in [6.07, 6.45) is 4.98. The summed E-state index contributed by atoms with van der Waals surface area (Å²) in [6.45, 7) is 3.10. The molecule has 1 saturated heterocycles. The molecule has 0 amide bonds. The van der Waals surface area contributed by atoms with Crippen molar-refractivity contribution in [2.45, 2.75) is 12.5 Å². The molecule has 6 heteroatoms. The van der Waals surface area contributed by atoms with Crippen molar-refractivity contribution in [2.24, 2.45) is 0 Å². The Bertz CT molecular complexity index is 567. The minimum absolute atomic E-state index is 0.329. The molecule has 0 radical (unpaired) electrons. The fourth-order valence-electron chi connectivity index (χ4n) is 2.62. The largest absolute Gasteiger partial charge is 0.467 e.